The van der Waals surface area contributed by atoms with Crippen molar-refractivity contribution in [3.63, 3.8) is 0 Å². The van der Waals surface area contributed by atoms with Gasteiger partial charge in [-0.1, -0.05) is 38.6 Å². The van der Waals surface area contributed by atoms with Crippen molar-refractivity contribution in [3.8, 4) is 21.8 Å². The van der Waals surface area contributed by atoms with Crippen LogP contribution in [0.25, 0.3) is 50.5 Å². The fourth-order valence-electron chi connectivity index (χ4n) is 4.25. The van der Waals surface area contributed by atoms with Crippen LogP contribution in [0.15, 0.2) is 73.3 Å². The Morgan fingerprint density at radius 3 is 2.78 bits per heavy atom. The van der Waals surface area contributed by atoms with E-state index in [0.29, 0.717) is 0 Å². The van der Waals surface area contributed by atoms with Crippen molar-refractivity contribution in [2.75, 3.05) is 5.32 Å². The molecule has 180 valence electrons. The first-order valence-electron chi connectivity index (χ1n) is 11.9. The van der Waals surface area contributed by atoms with Crippen molar-refractivity contribution in [1.82, 2.24) is 25.1 Å². The number of rotatable bonds is 8. The third-order valence-electron chi connectivity index (χ3n) is 6.01. The summed E-state index contributed by atoms with van der Waals surface area (Å²) in [6.07, 6.45) is 13.4. The molecule has 5 aromatic rings. The van der Waals surface area contributed by atoms with Crippen LogP contribution in [-0.4, -0.2) is 25.1 Å². The third kappa shape index (κ3) is 4.65. The molecule has 0 spiro atoms. The van der Waals surface area contributed by atoms with Gasteiger partial charge in [-0.3, -0.25) is 15.1 Å². The Kier molecular flexibility index (Phi) is 6.64. The molecule has 0 aliphatic rings. The highest BCUT2D eigenvalue weighted by atomic mass is 32.1. The SMILES string of the molecule is C=C(CCC)Nc1cncc(C(=C)/C=c2/c(-c3cc4c(-c5cccs5)cncc4[nH]3)n[nH]/c2=C/C)c1. The van der Waals surface area contributed by atoms with Crippen molar-refractivity contribution < 1.29 is 0 Å². The molecule has 0 aliphatic heterocycles. The van der Waals surface area contributed by atoms with E-state index in [0.717, 1.165) is 73.8 Å². The van der Waals surface area contributed by atoms with E-state index in [1.807, 2.05) is 37.7 Å². The minimum Gasteiger partial charge on any atom is -0.358 e. The van der Waals surface area contributed by atoms with Crippen molar-refractivity contribution in [2.45, 2.75) is 26.7 Å². The molecule has 0 atom stereocenters. The highest BCUT2D eigenvalue weighted by Crippen LogP contribution is 2.32. The molecule has 7 heteroatoms. The van der Waals surface area contributed by atoms with Gasteiger partial charge in [0.1, 0.15) is 5.69 Å². The number of H-pyrrole nitrogens is 2. The summed E-state index contributed by atoms with van der Waals surface area (Å²) in [5, 5.41) is 16.3. The van der Waals surface area contributed by atoms with Gasteiger partial charge >= 0.3 is 0 Å². The lowest BCUT2D eigenvalue weighted by molar-refractivity contribution is 0.913. The molecular weight excluding hydrogens is 464 g/mol. The smallest absolute Gasteiger partial charge is 0.116 e. The molecule has 0 aliphatic carbocycles. The van der Waals surface area contributed by atoms with Crippen LogP contribution in [0.1, 0.15) is 32.3 Å². The Balaban J connectivity index is 1.55. The number of thiophene rings is 1. The lowest BCUT2D eigenvalue weighted by Crippen LogP contribution is -2.23. The van der Waals surface area contributed by atoms with Gasteiger partial charge < -0.3 is 10.3 Å². The maximum absolute atomic E-state index is 4.65. The zero-order chi connectivity index (χ0) is 25.1. The Hall–Kier alpha value is -4.23. The molecule has 0 aromatic carbocycles. The zero-order valence-electron chi connectivity index (χ0n) is 20.4. The molecule has 5 heterocycles. The first-order valence-corrected chi connectivity index (χ1v) is 12.8. The summed E-state index contributed by atoms with van der Waals surface area (Å²) in [7, 11) is 0. The van der Waals surface area contributed by atoms with E-state index in [-0.39, 0.29) is 0 Å². The molecule has 0 saturated carbocycles. The predicted octanol–water partition coefficient (Wildman–Crippen LogP) is 6.10. The number of nitrogens with one attached hydrogen (secondary N) is 3. The van der Waals surface area contributed by atoms with Crippen LogP contribution in [0, 0.1) is 0 Å². The van der Waals surface area contributed by atoms with Crippen molar-refractivity contribution in [1.29, 1.82) is 0 Å². The van der Waals surface area contributed by atoms with Gasteiger partial charge in [0.2, 0.25) is 0 Å². The third-order valence-corrected chi connectivity index (χ3v) is 6.91. The van der Waals surface area contributed by atoms with Crippen LogP contribution in [0.2, 0.25) is 0 Å². The van der Waals surface area contributed by atoms with Gasteiger partial charge in [-0.25, -0.2) is 0 Å². The molecule has 0 fully saturated rings. The van der Waals surface area contributed by atoms with E-state index in [1.165, 1.54) is 4.88 Å². The second-order valence-corrected chi connectivity index (χ2v) is 9.55. The summed E-state index contributed by atoms with van der Waals surface area (Å²) in [4.78, 5) is 13.6. The average Bonchev–Trinajstić information content (AvgIpc) is 3.63. The van der Waals surface area contributed by atoms with E-state index >= 15 is 0 Å². The monoisotopic (exact) mass is 492 g/mol. The summed E-state index contributed by atoms with van der Waals surface area (Å²) in [5.41, 5.74) is 7.48. The maximum Gasteiger partial charge on any atom is 0.116 e. The molecule has 0 unspecified atom stereocenters. The number of allylic oxidation sites excluding steroid dienone is 2. The molecule has 36 heavy (non-hydrogen) atoms. The molecule has 3 N–H and O–H groups in total. The molecule has 0 bridgehead atoms. The number of aromatic amines is 2. The Bertz CT molecular complexity index is 1670. The van der Waals surface area contributed by atoms with Crippen molar-refractivity contribution in [3.05, 3.63) is 89.4 Å². The molecular formula is C29H28N6S. The van der Waals surface area contributed by atoms with E-state index in [1.54, 1.807) is 17.5 Å². The fraction of sp³-hybridized carbons (Fsp3) is 0.138. The van der Waals surface area contributed by atoms with Gasteiger partial charge in [0.05, 0.1) is 34.6 Å². The van der Waals surface area contributed by atoms with E-state index in [9.17, 15) is 0 Å². The zero-order valence-corrected chi connectivity index (χ0v) is 21.2. The van der Waals surface area contributed by atoms with E-state index in [2.05, 4.69) is 80.2 Å². The van der Waals surface area contributed by atoms with Crippen LogP contribution >= 0.6 is 11.3 Å². The number of anilines is 1. The Morgan fingerprint density at radius 1 is 1.14 bits per heavy atom. The topological polar surface area (TPSA) is 82.3 Å². The fourth-order valence-corrected chi connectivity index (χ4v) is 5.00. The second-order valence-electron chi connectivity index (χ2n) is 8.61. The number of aromatic nitrogens is 5. The van der Waals surface area contributed by atoms with Crippen LogP contribution in [0.3, 0.4) is 0 Å². The first-order chi connectivity index (χ1) is 17.6. The minimum atomic E-state index is 0.830. The Labute approximate surface area is 213 Å². The van der Waals surface area contributed by atoms with E-state index in [4.69, 9.17) is 0 Å². The molecule has 0 amide bonds. The van der Waals surface area contributed by atoms with Gasteiger partial charge in [0.25, 0.3) is 0 Å². The molecule has 5 rings (SSSR count). The number of hydrogen-bond acceptors (Lipinski definition) is 5. The molecule has 0 saturated heterocycles. The highest BCUT2D eigenvalue weighted by molar-refractivity contribution is 7.13. The van der Waals surface area contributed by atoms with Gasteiger partial charge in [0, 0.05) is 44.7 Å². The van der Waals surface area contributed by atoms with Gasteiger partial charge in [-0.2, -0.15) is 5.10 Å². The quantitative estimate of drug-likeness (QED) is 0.245. The largest absolute Gasteiger partial charge is 0.358 e. The molecule has 0 radical (unpaired) electrons. The normalized spacial score (nSPS) is 12.4. The van der Waals surface area contributed by atoms with Gasteiger partial charge in [0.15, 0.2) is 0 Å². The maximum atomic E-state index is 4.65. The molecule has 6 nitrogen and oxygen atoms in total. The minimum absolute atomic E-state index is 0.830. The molecule has 5 aromatic heterocycles. The summed E-state index contributed by atoms with van der Waals surface area (Å²) in [5.74, 6) is 0. The van der Waals surface area contributed by atoms with Crippen LogP contribution in [0.5, 0.6) is 0 Å². The van der Waals surface area contributed by atoms with E-state index < -0.39 is 0 Å². The van der Waals surface area contributed by atoms with Crippen LogP contribution in [-0.2, 0) is 0 Å². The first kappa shape index (κ1) is 23.5. The predicted molar refractivity (Wildman–Crippen MR) is 152 cm³/mol. The Morgan fingerprint density at radius 2 is 2.00 bits per heavy atom. The number of nitrogens with zero attached hydrogens (tertiary/aromatic N) is 3. The standard InChI is InChI=1S/C29H28N6S/c1-5-8-19(4)32-21-12-20(14-30-15-21)18(3)11-23-25(6-2)34-35-29(23)26-13-22-24(28-9-7-10-36-28)16-31-17-27(22)33-26/h6-7,9-17,32-34H,3-5,8H2,1-2H3/b23-11+,25-6+. The van der Waals surface area contributed by atoms with Crippen molar-refractivity contribution >= 4 is 45.7 Å². The summed E-state index contributed by atoms with van der Waals surface area (Å²) >= 11 is 1.71. The number of pyridine rings is 2. The number of hydrogen-bond donors (Lipinski definition) is 3. The highest BCUT2D eigenvalue weighted by Gasteiger charge is 2.13. The van der Waals surface area contributed by atoms with Gasteiger partial charge in [-0.15, -0.1) is 11.3 Å². The van der Waals surface area contributed by atoms with Gasteiger partial charge in [-0.05, 0) is 48.6 Å². The second kappa shape index (κ2) is 10.2. The lowest BCUT2D eigenvalue weighted by atomic mass is 10.1. The van der Waals surface area contributed by atoms with Crippen LogP contribution in [0.4, 0.5) is 5.69 Å². The van der Waals surface area contributed by atoms with Crippen LogP contribution < -0.4 is 15.9 Å². The lowest BCUT2D eigenvalue weighted by Gasteiger charge is -2.09. The summed E-state index contributed by atoms with van der Waals surface area (Å²) in [6, 6.07) is 8.36. The van der Waals surface area contributed by atoms with Crippen molar-refractivity contribution in [2.24, 2.45) is 0 Å². The summed E-state index contributed by atoms with van der Waals surface area (Å²) in [6.45, 7) is 12.6. The summed E-state index contributed by atoms with van der Waals surface area (Å²) < 4.78 is 0. The average molecular weight is 493 g/mol. The number of fused-ring (bicyclic) bond motifs is 1.